The van der Waals surface area contributed by atoms with Gasteiger partial charge in [0.15, 0.2) is 6.61 Å². The second-order valence-corrected chi connectivity index (χ2v) is 5.63. The van der Waals surface area contributed by atoms with Gasteiger partial charge in [0.2, 0.25) is 5.91 Å². The molecule has 0 aliphatic carbocycles. The van der Waals surface area contributed by atoms with Crippen LogP contribution in [0, 0.1) is 5.92 Å². The topological polar surface area (TPSA) is 79.5 Å². The van der Waals surface area contributed by atoms with Crippen molar-refractivity contribution in [2.45, 2.75) is 26.3 Å². The van der Waals surface area contributed by atoms with Crippen molar-refractivity contribution in [1.82, 2.24) is 16.0 Å². The molecule has 1 aliphatic rings. The summed E-state index contributed by atoms with van der Waals surface area (Å²) in [6.07, 6.45) is 1.78. The van der Waals surface area contributed by atoms with Crippen LogP contribution in [-0.4, -0.2) is 38.1 Å². The molecule has 1 aromatic rings. The van der Waals surface area contributed by atoms with E-state index in [1.54, 1.807) is 6.07 Å². The molecule has 0 atom stereocenters. The number of hydrogen-bond acceptors (Lipinski definition) is 4. The summed E-state index contributed by atoms with van der Waals surface area (Å²) in [6, 6.07) is 7.44. The van der Waals surface area contributed by atoms with E-state index in [9.17, 15) is 9.59 Å². The summed E-state index contributed by atoms with van der Waals surface area (Å²) in [4.78, 5) is 23.5. The molecule has 0 radical (unpaired) electrons. The van der Waals surface area contributed by atoms with Gasteiger partial charge >= 0.3 is 0 Å². The number of carbonyl (C=O) groups excluding carboxylic acids is 2. The van der Waals surface area contributed by atoms with E-state index in [1.807, 2.05) is 25.1 Å². The van der Waals surface area contributed by atoms with E-state index < -0.39 is 0 Å². The van der Waals surface area contributed by atoms with E-state index in [4.69, 9.17) is 4.74 Å². The highest BCUT2D eigenvalue weighted by Gasteiger charge is 2.20. The number of ether oxygens (including phenoxy) is 1. The molecule has 0 saturated carbocycles. The van der Waals surface area contributed by atoms with E-state index >= 15 is 0 Å². The van der Waals surface area contributed by atoms with Crippen LogP contribution in [-0.2, 0) is 16.1 Å². The Labute approximate surface area is 149 Å². The molecule has 1 saturated heterocycles. The van der Waals surface area contributed by atoms with Gasteiger partial charge in [0.05, 0.1) is 0 Å². The molecular formula is C17H26ClN3O3. The lowest BCUT2D eigenvalue weighted by atomic mass is 9.97. The molecule has 1 heterocycles. The van der Waals surface area contributed by atoms with E-state index in [-0.39, 0.29) is 36.7 Å². The molecule has 2 rings (SSSR count). The third kappa shape index (κ3) is 6.76. The van der Waals surface area contributed by atoms with Crippen LogP contribution in [0.2, 0.25) is 0 Å². The molecule has 3 N–H and O–H groups in total. The van der Waals surface area contributed by atoms with Gasteiger partial charge in [-0.3, -0.25) is 9.59 Å². The molecular weight excluding hydrogens is 330 g/mol. The minimum atomic E-state index is -0.142. The van der Waals surface area contributed by atoms with Crippen LogP contribution in [0.4, 0.5) is 0 Å². The Kier molecular flexibility index (Phi) is 9.19. The van der Waals surface area contributed by atoms with Crippen molar-refractivity contribution < 1.29 is 14.3 Å². The Bertz CT molecular complexity index is 534. The molecule has 134 valence electrons. The van der Waals surface area contributed by atoms with E-state index in [1.165, 1.54) is 0 Å². The summed E-state index contributed by atoms with van der Waals surface area (Å²) >= 11 is 0. The highest BCUT2D eigenvalue weighted by molar-refractivity contribution is 5.85. The fraction of sp³-hybridized carbons (Fsp3) is 0.529. The number of hydrogen-bond donors (Lipinski definition) is 3. The summed E-state index contributed by atoms with van der Waals surface area (Å²) in [5.74, 6) is 0.704. The number of piperidine rings is 1. The second-order valence-electron chi connectivity index (χ2n) is 5.63. The summed E-state index contributed by atoms with van der Waals surface area (Å²) in [7, 11) is 0. The maximum atomic E-state index is 12.1. The van der Waals surface area contributed by atoms with Gasteiger partial charge < -0.3 is 20.7 Å². The first-order chi connectivity index (χ1) is 11.2. The van der Waals surface area contributed by atoms with Crippen molar-refractivity contribution in [2.75, 3.05) is 26.2 Å². The van der Waals surface area contributed by atoms with E-state index in [2.05, 4.69) is 16.0 Å². The number of rotatable bonds is 7. The van der Waals surface area contributed by atoms with Gasteiger partial charge in [0.25, 0.3) is 5.91 Å². The Morgan fingerprint density at radius 2 is 2.00 bits per heavy atom. The largest absolute Gasteiger partial charge is 0.484 e. The molecule has 0 unspecified atom stereocenters. The number of halogens is 1. The van der Waals surface area contributed by atoms with Crippen LogP contribution < -0.4 is 20.7 Å². The predicted octanol–water partition coefficient (Wildman–Crippen LogP) is 1.24. The Balaban J connectivity index is 0.00000288. The maximum Gasteiger partial charge on any atom is 0.257 e. The van der Waals surface area contributed by atoms with Gasteiger partial charge in [-0.05, 0) is 50.6 Å². The highest BCUT2D eigenvalue weighted by Crippen LogP contribution is 2.15. The van der Waals surface area contributed by atoms with E-state index in [0.29, 0.717) is 18.8 Å². The fourth-order valence-corrected chi connectivity index (χ4v) is 2.56. The standard InChI is InChI=1S/C17H25N3O3.ClH/c1-2-19-16(21)12-23-15-5-3-4-13(10-15)11-20-17(22)14-6-8-18-9-7-14;/h3-5,10,14,18H,2,6-9,11-12H2,1H3,(H,19,21)(H,20,22);1H. The smallest absolute Gasteiger partial charge is 0.257 e. The SMILES string of the molecule is CCNC(=O)COc1cccc(CNC(=O)C2CCNCC2)c1.Cl. The molecule has 1 aliphatic heterocycles. The zero-order valence-corrected chi connectivity index (χ0v) is 14.8. The summed E-state index contributed by atoms with van der Waals surface area (Å²) in [5, 5.41) is 8.91. The Morgan fingerprint density at radius 3 is 2.71 bits per heavy atom. The first-order valence-electron chi connectivity index (χ1n) is 8.16. The fourth-order valence-electron chi connectivity index (χ4n) is 2.56. The minimum absolute atomic E-state index is 0. The van der Waals surface area contributed by atoms with Crippen LogP contribution in [0.1, 0.15) is 25.3 Å². The molecule has 0 aromatic heterocycles. The van der Waals surface area contributed by atoms with Crippen LogP contribution in [0.25, 0.3) is 0 Å². The molecule has 2 amide bonds. The molecule has 24 heavy (non-hydrogen) atoms. The molecule has 0 bridgehead atoms. The minimum Gasteiger partial charge on any atom is -0.484 e. The van der Waals surface area contributed by atoms with E-state index in [0.717, 1.165) is 31.5 Å². The maximum absolute atomic E-state index is 12.1. The van der Waals surface area contributed by atoms with Gasteiger partial charge in [-0.25, -0.2) is 0 Å². The van der Waals surface area contributed by atoms with Crippen LogP contribution in [0.3, 0.4) is 0 Å². The van der Waals surface area contributed by atoms with Gasteiger partial charge in [-0.2, -0.15) is 0 Å². The second kappa shape index (κ2) is 10.9. The summed E-state index contributed by atoms with van der Waals surface area (Å²) in [5.41, 5.74) is 0.959. The quantitative estimate of drug-likeness (QED) is 0.687. The predicted molar refractivity (Wildman–Crippen MR) is 95.3 cm³/mol. The average Bonchev–Trinajstić information content (AvgIpc) is 2.59. The zero-order chi connectivity index (χ0) is 16.5. The molecule has 1 aromatic carbocycles. The third-order valence-electron chi connectivity index (χ3n) is 3.82. The Hall–Kier alpha value is -1.79. The number of carbonyl (C=O) groups is 2. The lowest BCUT2D eigenvalue weighted by molar-refractivity contribution is -0.126. The average molecular weight is 356 g/mol. The van der Waals surface area contributed by atoms with Crippen molar-refractivity contribution in [3.63, 3.8) is 0 Å². The number of nitrogens with one attached hydrogen (secondary N) is 3. The zero-order valence-electron chi connectivity index (χ0n) is 14.0. The summed E-state index contributed by atoms with van der Waals surface area (Å²) in [6.45, 7) is 4.73. The van der Waals surface area contributed by atoms with Crippen molar-refractivity contribution in [3.05, 3.63) is 29.8 Å². The lowest BCUT2D eigenvalue weighted by Crippen LogP contribution is -2.37. The molecule has 6 nitrogen and oxygen atoms in total. The monoisotopic (exact) mass is 355 g/mol. The van der Waals surface area contributed by atoms with Gasteiger partial charge in [0, 0.05) is 19.0 Å². The first kappa shape index (κ1) is 20.3. The number of amides is 2. The Morgan fingerprint density at radius 1 is 1.25 bits per heavy atom. The number of likely N-dealkylation sites (N-methyl/N-ethyl adjacent to an activating group) is 1. The van der Waals surface area contributed by atoms with Crippen LogP contribution in [0.5, 0.6) is 5.75 Å². The van der Waals surface area contributed by atoms with Crippen molar-refractivity contribution >= 4 is 24.2 Å². The van der Waals surface area contributed by atoms with Gasteiger partial charge in [-0.1, -0.05) is 12.1 Å². The first-order valence-corrected chi connectivity index (χ1v) is 8.16. The molecule has 7 heteroatoms. The lowest BCUT2D eigenvalue weighted by Gasteiger charge is -2.21. The third-order valence-corrected chi connectivity index (χ3v) is 3.82. The van der Waals surface area contributed by atoms with Crippen LogP contribution in [0.15, 0.2) is 24.3 Å². The highest BCUT2D eigenvalue weighted by atomic mass is 35.5. The van der Waals surface area contributed by atoms with Gasteiger partial charge in [-0.15, -0.1) is 12.4 Å². The van der Waals surface area contributed by atoms with Crippen molar-refractivity contribution in [1.29, 1.82) is 0 Å². The normalized spacial score (nSPS) is 14.4. The van der Waals surface area contributed by atoms with Crippen LogP contribution >= 0.6 is 12.4 Å². The van der Waals surface area contributed by atoms with Gasteiger partial charge in [0.1, 0.15) is 5.75 Å². The summed E-state index contributed by atoms with van der Waals surface area (Å²) < 4.78 is 5.45. The molecule has 0 spiro atoms. The molecule has 1 fully saturated rings. The van der Waals surface area contributed by atoms with Crippen molar-refractivity contribution in [3.8, 4) is 5.75 Å². The van der Waals surface area contributed by atoms with Crippen molar-refractivity contribution in [2.24, 2.45) is 5.92 Å². The number of benzene rings is 1.